The summed E-state index contributed by atoms with van der Waals surface area (Å²) in [6.07, 6.45) is 67.1. The van der Waals surface area contributed by atoms with Crippen molar-refractivity contribution in [3.63, 3.8) is 0 Å². The van der Waals surface area contributed by atoms with Crippen LogP contribution in [0.1, 0.15) is 386 Å². The fourth-order valence-corrected chi connectivity index (χ4v) is 13.7. The lowest BCUT2D eigenvalue weighted by Gasteiger charge is -2.46. The molecule has 1 amide bonds. The van der Waals surface area contributed by atoms with Gasteiger partial charge < -0.3 is 65.1 Å². The molecule has 12 atom stereocenters. The van der Waals surface area contributed by atoms with Crippen molar-refractivity contribution in [2.75, 3.05) is 19.8 Å². The van der Waals surface area contributed by atoms with E-state index in [4.69, 9.17) is 18.9 Å². The summed E-state index contributed by atoms with van der Waals surface area (Å²) < 4.78 is 22.9. The summed E-state index contributed by atoms with van der Waals surface area (Å²) in [6, 6.07) is -0.930. The van der Waals surface area contributed by atoms with Crippen molar-refractivity contribution in [2.45, 2.75) is 460 Å². The zero-order valence-corrected chi connectivity index (χ0v) is 61.0. The minimum atomic E-state index is -1.79. The van der Waals surface area contributed by atoms with Crippen molar-refractivity contribution in [1.29, 1.82) is 0 Å². The van der Waals surface area contributed by atoms with Crippen LogP contribution in [-0.2, 0) is 23.7 Å². The Bertz CT molecular complexity index is 1670. The summed E-state index contributed by atoms with van der Waals surface area (Å²) >= 11 is 0. The van der Waals surface area contributed by atoms with Crippen LogP contribution in [0.2, 0.25) is 0 Å². The third-order valence-electron chi connectivity index (χ3n) is 20.1. The van der Waals surface area contributed by atoms with E-state index in [0.717, 1.165) is 32.1 Å². The molecular formula is C80H153NO13. The molecule has 14 nitrogen and oxygen atoms in total. The van der Waals surface area contributed by atoms with Crippen molar-refractivity contribution < 1.29 is 64.6 Å². The summed E-state index contributed by atoms with van der Waals surface area (Å²) in [5, 5.41) is 87.6. The van der Waals surface area contributed by atoms with Crippen LogP contribution >= 0.6 is 0 Å². The number of hydrogen-bond donors (Lipinski definition) is 9. The number of allylic oxidation sites excluding steroid dienone is 3. The highest BCUT2D eigenvalue weighted by Gasteiger charge is 2.51. The van der Waals surface area contributed by atoms with Crippen LogP contribution < -0.4 is 5.32 Å². The maximum Gasteiger partial charge on any atom is 0.220 e. The van der Waals surface area contributed by atoms with Gasteiger partial charge in [0.05, 0.1) is 32.0 Å². The first-order valence-corrected chi connectivity index (χ1v) is 40.6. The molecule has 2 saturated heterocycles. The van der Waals surface area contributed by atoms with Gasteiger partial charge in [0, 0.05) is 6.42 Å². The first-order chi connectivity index (χ1) is 46.1. The number of unbranched alkanes of at least 4 members (excludes halogenated alkanes) is 54. The molecule has 0 bridgehead atoms. The van der Waals surface area contributed by atoms with E-state index >= 15 is 0 Å². The Morgan fingerprint density at radius 3 is 1.04 bits per heavy atom. The first-order valence-electron chi connectivity index (χ1n) is 40.6. The Hall–Kier alpha value is -1.53. The highest BCUT2D eigenvalue weighted by atomic mass is 16.7. The maximum atomic E-state index is 13.4. The lowest BCUT2D eigenvalue weighted by Crippen LogP contribution is -2.65. The van der Waals surface area contributed by atoms with Gasteiger partial charge in [-0.3, -0.25) is 4.79 Å². The Balaban J connectivity index is 1.60. The Morgan fingerprint density at radius 1 is 0.372 bits per heavy atom. The minimum Gasteiger partial charge on any atom is -0.394 e. The van der Waals surface area contributed by atoms with Gasteiger partial charge >= 0.3 is 0 Å². The fourth-order valence-electron chi connectivity index (χ4n) is 13.7. The molecule has 2 heterocycles. The van der Waals surface area contributed by atoms with E-state index in [-0.39, 0.29) is 18.9 Å². The second-order valence-corrected chi connectivity index (χ2v) is 28.9. The lowest BCUT2D eigenvalue weighted by atomic mass is 9.97. The molecule has 2 aliphatic heterocycles. The average molecular weight is 1340 g/mol. The van der Waals surface area contributed by atoms with Crippen LogP contribution in [0.15, 0.2) is 24.3 Å². The van der Waals surface area contributed by atoms with Crippen LogP contribution in [0.4, 0.5) is 0 Å². The second-order valence-electron chi connectivity index (χ2n) is 28.9. The third-order valence-corrected chi connectivity index (χ3v) is 20.1. The third kappa shape index (κ3) is 47.5. The predicted octanol–water partition coefficient (Wildman–Crippen LogP) is 18.3. The Morgan fingerprint density at radius 2 is 0.681 bits per heavy atom. The SMILES string of the molecule is CCCCCCCCCCCCCCCCCCCC/C=C/CC/C=C/C(O)C(COC1OC(CO)C(OC2OC(CO)C(O)C(O)C2O)C(O)C1O)NC(=O)CCCCCCCCCCCCCCCCCCCCCCCCCCCCCCCCCCCCCC. The lowest BCUT2D eigenvalue weighted by molar-refractivity contribution is -0.359. The number of hydrogen-bond acceptors (Lipinski definition) is 13. The quantitative estimate of drug-likeness (QED) is 0.0204. The molecule has 14 heteroatoms. The number of nitrogens with one attached hydrogen (secondary N) is 1. The van der Waals surface area contributed by atoms with Crippen LogP contribution in [0.3, 0.4) is 0 Å². The number of carbonyl (C=O) groups excluding carboxylic acids is 1. The molecule has 556 valence electrons. The van der Waals surface area contributed by atoms with Crippen molar-refractivity contribution in [2.24, 2.45) is 0 Å². The summed E-state index contributed by atoms with van der Waals surface area (Å²) in [5.74, 6) is -0.240. The standard InChI is InChI=1S/C80H153NO13/c1-3-5-7-9-11-13-15-17-19-21-23-25-27-29-30-31-32-33-34-35-36-37-38-39-40-42-44-46-48-50-52-54-56-58-60-62-64-72(85)81-68(67-91-79-77(90)75(88)78(71(66-83)93-79)94-80-76(89)74(87)73(86)70(65-82)92-80)69(84)63-61-59-57-55-53-51-49-47-45-43-41-28-26-24-22-20-18-16-14-12-10-8-6-4-2/h53,55,61,63,68-71,73-80,82-84,86-90H,3-52,54,56-60,62,64-67H2,1-2H3,(H,81,85)/b55-53+,63-61+. The predicted molar refractivity (Wildman–Crippen MR) is 388 cm³/mol. The molecule has 0 aromatic carbocycles. The summed E-state index contributed by atoms with van der Waals surface area (Å²) in [4.78, 5) is 13.4. The van der Waals surface area contributed by atoms with E-state index in [9.17, 15) is 45.6 Å². The minimum absolute atomic E-state index is 0.240. The van der Waals surface area contributed by atoms with Gasteiger partial charge in [-0.15, -0.1) is 0 Å². The van der Waals surface area contributed by atoms with Crippen molar-refractivity contribution in [3.8, 4) is 0 Å². The molecule has 94 heavy (non-hydrogen) atoms. The number of amides is 1. The zero-order valence-electron chi connectivity index (χ0n) is 61.0. The molecule has 9 N–H and O–H groups in total. The molecule has 0 aliphatic carbocycles. The van der Waals surface area contributed by atoms with Gasteiger partial charge in [-0.05, 0) is 32.1 Å². The van der Waals surface area contributed by atoms with E-state index in [1.807, 2.05) is 6.08 Å². The van der Waals surface area contributed by atoms with E-state index in [1.165, 1.54) is 321 Å². The largest absolute Gasteiger partial charge is 0.394 e. The first kappa shape index (κ1) is 88.6. The molecule has 0 radical (unpaired) electrons. The number of aliphatic hydroxyl groups excluding tert-OH is 8. The van der Waals surface area contributed by atoms with Crippen LogP contribution in [0, 0.1) is 0 Å². The smallest absolute Gasteiger partial charge is 0.220 e. The summed E-state index contributed by atoms with van der Waals surface area (Å²) in [6.45, 7) is 2.85. The number of ether oxygens (including phenoxy) is 4. The maximum absolute atomic E-state index is 13.4. The number of aliphatic hydroxyl groups is 8. The Kier molecular flexibility index (Phi) is 61.1. The summed E-state index contributed by atoms with van der Waals surface area (Å²) in [5.41, 5.74) is 0. The number of carbonyl (C=O) groups is 1. The van der Waals surface area contributed by atoms with Crippen molar-refractivity contribution in [3.05, 3.63) is 24.3 Å². The van der Waals surface area contributed by atoms with Gasteiger partial charge in [-0.2, -0.15) is 0 Å². The topological polar surface area (TPSA) is 228 Å². The number of rotatable bonds is 69. The molecule has 0 spiro atoms. The van der Waals surface area contributed by atoms with Gasteiger partial charge in [0.1, 0.15) is 48.8 Å². The van der Waals surface area contributed by atoms with Gasteiger partial charge in [0.25, 0.3) is 0 Å². The van der Waals surface area contributed by atoms with E-state index in [1.54, 1.807) is 6.08 Å². The second kappa shape index (κ2) is 64.8. The van der Waals surface area contributed by atoms with E-state index in [2.05, 4.69) is 31.3 Å². The molecule has 2 rings (SSSR count). The Labute approximate surface area is 577 Å². The van der Waals surface area contributed by atoms with Crippen LogP contribution in [-0.4, -0.2) is 140 Å². The van der Waals surface area contributed by atoms with Gasteiger partial charge in [-0.25, -0.2) is 0 Å². The molecule has 0 aromatic heterocycles. The van der Waals surface area contributed by atoms with E-state index in [0.29, 0.717) is 12.8 Å². The zero-order chi connectivity index (χ0) is 68.0. The highest BCUT2D eigenvalue weighted by Crippen LogP contribution is 2.30. The van der Waals surface area contributed by atoms with Crippen molar-refractivity contribution >= 4 is 5.91 Å². The molecular weight excluding hydrogens is 1180 g/mol. The average Bonchev–Trinajstić information content (AvgIpc) is 0.794. The molecule has 0 saturated carbocycles. The van der Waals surface area contributed by atoms with E-state index < -0.39 is 86.8 Å². The molecule has 0 aromatic rings. The van der Waals surface area contributed by atoms with Crippen LogP contribution in [0.5, 0.6) is 0 Å². The molecule has 2 fully saturated rings. The fraction of sp³-hybridized carbons (Fsp3) is 0.938. The molecule has 12 unspecified atom stereocenters. The summed E-state index contributed by atoms with van der Waals surface area (Å²) in [7, 11) is 0. The highest BCUT2D eigenvalue weighted by molar-refractivity contribution is 5.76. The van der Waals surface area contributed by atoms with Gasteiger partial charge in [-0.1, -0.05) is 372 Å². The normalized spacial score (nSPS) is 22.5. The van der Waals surface area contributed by atoms with Crippen molar-refractivity contribution in [1.82, 2.24) is 5.32 Å². The van der Waals surface area contributed by atoms with Crippen LogP contribution in [0.25, 0.3) is 0 Å². The molecule has 2 aliphatic rings. The van der Waals surface area contributed by atoms with Gasteiger partial charge in [0.15, 0.2) is 12.6 Å². The monoisotopic (exact) mass is 1340 g/mol. The van der Waals surface area contributed by atoms with Gasteiger partial charge in [0.2, 0.25) is 5.91 Å².